The van der Waals surface area contributed by atoms with Crippen molar-refractivity contribution in [1.82, 2.24) is 15.5 Å². The quantitative estimate of drug-likeness (QED) is 0.361. The van der Waals surface area contributed by atoms with E-state index < -0.39 is 23.8 Å². The van der Waals surface area contributed by atoms with Crippen LogP contribution in [0.1, 0.15) is 70.2 Å². The minimum absolute atomic E-state index is 0.0750. The molecular formula is C24H39N3O4S. The lowest BCUT2D eigenvalue weighted by Gasteiger charge is -2.33. The van der Waals surface area contributed by atoms with Crippen LogP contribution in [-0.2, 0) is 14.3 Å². The summed E-state index contributed by atoms with van der Waals surface area (Å²) in [6.07, 6.45) is 1.11. The summed E-state index contributed by atoms with van der Waals surface area (Å²) in [5.41, 5.74) is 2.06. The third-order valence-corrected chi connectivity index (χ3v) is 5.11. The molecule has 0 radical (unpaired) electrons. The number of aryl methyl sites for hydroxylation is 2. The SMILES string of the molecule is CCCCNC(=O)C(c1cc(C)cc(C)c1)N(CC)C(=O)C(CS)NC(=O)OC(C)(C)C. The highest BCUT2D eigenvalue weighted by Gasteiger charge is 2.35. The number of alkyl carbamates (subject to hydrolysis) is 1. The van der Waals surface area contributed by atoms with Crippen LogP contribution in [0.15, 0.2) is 18.2 Å². The first-order chi connectivity index (χ1) is 14.9. The molecule has 0 aliphatic carbocycles. The van der Waals surface area contributed by atoms with E-state index in [0.717, 1.165) is 29.5 Å². The number of carbonyl (C=O) groups is 3. The van der Waals surface area contributed by atoms with E-state index in [9.17, 15) is 14.4 Å². The van der Waals surface area contributed by atoms with Gasteiger partial charge in [-0.05, 0) is 53.5 Å². The molecule has 1 aromatic carbocycles. The number of rotatable bonds is 10. The molecule has 8 heteroatoms. The lowest BCUT2D eigenvalue weighted by molar-refractivity contribution is -0.141. The van der Waals surface area contributed by atoms with Crippen molar-refractivity contribution in [2.45, 2.75) is 79.0 Å². The number of nitrogens with zero attached hydrogens (tertiary/aromatic N) is 1. The molecule has 0 fully saturated rings. The van der Waals surface area contributed by atoms with E-state index in [4.69, 9.17) is 4.74 Å². The number of likely N-dealkylation sites (N-methyl/N-ethyl adjacent to an activating group) is 1. The Hall–Kier alpha value is -2.22. The first-order valence-electron chi connectivity index (χ1n) is 11.2. The summed E-state index contributed by atoms with van der Waals surface area (Å²) in [5.74, 6) is -0.553. The molecule has 2 unspecified atom stereocenters. The van der Waals surface area contributed by atoms with Gasteiger partial charge in [0.2, 0.25) is 11.8 Å². The monoisotopic (exact) mass is 465 g/mol. The number of carbonyl (C=O) groups excluding carboxylic acids is 3. The number of nitrogens with one attached hydrogen (secondary N) is 2. The van der Waals surface area contributed by atoms with Crippen LogP contribution in [0, 0.1) is 13.8 Å². The molecular weight excluding hydrogens is 426 g/mol. The highest BCUT2D eigenvalue weighted by Crippen LogP contribution is 2.25. The topological polar surface area (TPSA) is 87.7 Å². The lowest BCUT2D eigenvalue weighted by Crippen LogP contribution is -2.53. The minimum atomic E-state index is -0.926. The van der Waals surface area contributed by atoms with E-state index in [0.29, 0.717) is 6.54 Å². The first kappa shape index (κ1) is 27.8. The number of hydrogen-bond donors (Lipinski definition) is 3. The zero-order valence-electron chi connectivity index (χ0n) is 20.4. The van der Waals surface area contributed by atoms with Crippen molar-refractivity contribution in [2.75, 3.05) is 18.8 Å². The van der Waals surface area contributed by atoms with E-state index in [1.165, 1.54) is 4.90 Å². The van der Waals surface area contributed by atoms with Crippen LogP contribution in [-0.4, -0.2) is 53.3 Å². The Morgan fingerprint density at radius 2 is 1.69 bits per heavy atom. The predicted molar refractivity (Wildman–Crippen MR) is 131 cm³/mol. The van der Waals surface area contributed by atoms with Gasteiger partial charge in [-0.25, -0.2) is 4.79 Å². The van der Waals surface area contributed by atoms with Gasteiger partial charge >= 0.3 is 6.09 Å². The van der Waals surface area contributed by atoms with E-state index in [-0.39, 0.29) is 24.1 Å². The summed E-state index contributed by atoms with van der Waals surface area (Å²) in [7, 11) is 0. The molecule has 0 aliphatic heterocycles. The molecule has 1 aromatic rings. The fourth-order valence-electron chi connectivity index (χ4n) is 3.43. The van der Waals surface area contributed by atoms with Crippen molar-refractivity contribution in [3.8, 4) is 0 Å². The Kier molecular flexibility index (Phi) is 11.1. The van der Waals surface area contributed by atoms with Gasteiger partial charge < -0.3 is 20.3 Å². The van der Waals surface area contributed by atoms with Gasteiger partial charge in [-0.2, -0.15) is 12.6 Å². The molecule has 0 aliphatic rings. The Bertz CT molecular complexity index is 772. The van der Waals surface area contributed by atoms with Gasteiger partial charge in [-0.1, -0.05) is 42.7 Å². The van der Waals surface area contributed by atoms with Crippen LogP contribution < -0.4 is 10.6 Å². The average Bonchev–Trinajstić information content (AvgIpc) is 2.67. The Labute approximate surface area is 198 Å². The number of ether oxygens (including phenoxy) is 1. The summed E-state index contributed by atoms with van der Waals surface area (Å²) in [6, 6.07) is 4.12. The largest absolute Gasteiger partial charge is 0.444 e. The summed E-state index contributed by atoms with van der Waals surface area (Å²) in [6.45, 7) is 13.9. The number of amides is 3. The Morgan fingerprint density at radius 3 is 2.16 bits per heavy atom. The second kappa shape index (κ2) is 12.7. The smallest absolute Gasteiger partial charge is 0.408 e. The highest BCUT2D eigenvalue weighted by atomic mass is 32.1. The van der Waals surface area contributed by atoms with Crippen molar-refractivity contribution >= 4 is 30.5 Å². The van der Waals surface area contributed by atoms with Crippen molar-refractivity contribution < 1.29 is 19.1 Å². The number of thiol groups is 1. The molecule has 0 saturated carbocycles. The van der Waals surface area contributed by atoms with Gasteiger partial charge in [0.15, 0.2) is 0 Å². The molecule has 0 spiro atoms. The molecule has 32 heavy (non-hydrogen) atoms. The third kappa shape index (κ3) is 8.73. The minimum Gasteiger partial charge on any atom is -0.444 e. The van der Waals surface area contributed by atoms with Crippen LogP contribution in [0.2, 0.25) is 0 Å². The maximum Gasteiger partial charge on any atom is 0.408 e. The Morgan fingerprint density at radius 1 is 1.09 bits per heavy atom. The zero-order chi connectivity index (χ0) is 24.5. The standard InChI is InChI=1S/C24H39N3O4S/c1-8-10-11-25-21(28)20(18-13-16(3)12-17(4)14-18)27(9-2)22(29)19(15-32)26-23(30)31-24(5,6)7/h12-14,19-20,32H,8-11,15H2,1-7H3,(H,25,28)(H,26,30). The third-order valence-electron chi connectivity index (χ3n) is 4.74. The fraction of sp³-hybridized carbons (Fsp3) is 0.625. The Balaban J connectivity index is 3.26. The first-order valence-corrected chi connectivity index (χ1v) is 11.8. The zero-order valence-corrected chi connectivity index (χ0v) is 21.3. The number of hydrogen-bond acceptors (Lipinski definition) is 5. The van der Waals surface area contributed by atoms with Crippen molar-refractivity contribution in [3.05, 3.63) is 34.9 Å². The molecule has 0 saturated heterocycles. The highest BCUT2D eigenvalue weighted by molar-refractivity contribution is 7.80. The average molecular weight is 466 g/mol. The molecule has 3 amide bonds. The van der Waals surface area contributed by atoms with Gasteiger partial charge in [0.05, 0.1) is 0 Å². The maximum absolute atomic E-state index is 13.5. The normalized spacial score (nSPS) is 13.1. The fourth-order valence-corrected chi connectivity index (χ4v) is 3.67. The summed E-state index contributed by atoms with van der Waals surface area (Å²) in [5, 5.41) is 5.55. The molecule has 0 heterocycles. The summed E-state index contributed by atoms with van der Waals surface area (Å²) >= 11 is 4.27. The van der Waals surface area contributed by atoms with Crippen LogP contribution in [0.4, 0.5) is 4.79 Å². The number of benzene rings is 1. The van der Waals surface area contributed by atoms with Crippen molar-refractivity contribution in [3.63, 3.8) is 0 Å². The van der Waals surface area contributed by atoms with E-state index in [2.05, 4.69) is 30.2 Å². The van der Waals surface area contributed by atoms with Gasteiger partial charge in [-0.15, -0.1) is 0 Å². The molecule has 0 bridgehead atoms. The van der Waals surface area contributed by atoms with E-state index in [1.54, 1.807) is 20.8 Å². The van der Waals surface area contributed by atoms with E-state index >= 15 is 0 Å². The molecule has 2 N–H and O–H groups in total. The lowest BCUT2D eigenvalue weighted by atomic mass is 9.98. The van der Waals surface area contributed by atoms with Crippen molar-refractivity contribution in [2.24, 2.45) is 0 Å². The van der Waals surface area contributed by atoms with E-state index in [1.807, 2.05) is 39.0 Å². The van der Waals surface area contributed by atoms with Gasteiger partial charge in [0.25, 0.3) is 0 Å². The molecule has 180 valence electrons. The maximum atomic E-state index is 13.5. The second-order valence-electron chi connectivity index (χ2n) is 8.97. The van der Waals surface area contributed by atoms with Gasteiger partial charge in [-0.3, -0.25) is 9.59 Å². The molecule has 1 rings (SSSR count). The summed E-state index contributed by atoms with van der Waals surface area (Å²) in [4.78, 5) is 40.4. The van der Waals surface area contributed by atoms with Crippen LogP contribution in [0.25, 0.3) is 0 Å². The molecule has 2 atom stereocenters. The van der Waals surface area contributed by atoms with Crippen LogP contribution in [0.5, 0.6) is 0 Å². The number of unbranched alkanes of at least 4 members (excludes halogenated alkanes) is 1. The summed E-state index contributed by atoms with van der Waals surface area (Å²) < 4.78 is 5.29. The van der Waals surface area contributed by atoms with Gasteiger partial charge in [0.1, 0.15) is 17.7 Å². The van der Waals surface area contributed by atoms with Crippen LogP contribution in [0.3, 0.4) is 0 Å². The van der Waals surface area contributed by atoms with Crippen LogP contribution >= 0.6 is 12.6 Å². The molecule has 7 nitrogen and oxygen atoms in total. The predicted octanol–water partition coefficient (Wildman–Crippen LogP) is 3.93. The van der Waals surface area contributed by atoms with Gasteiger partial charge in [0, 0.05) is 18.8 Å². The van der Waals surface area contributed by atoms with Crippen molar-refractivity contribution in [1.29, 1.82) is 0 Å². The second-order valence-corrected chi connectivity index (χ2v) is 9.34. The molecule has 0 aromatic heterocycles.